The minimum Gasteiger partial charge on any atom is -0.381 e. The molecule has 0 aromatic heterocycles. The van der Waals surface area contributed by atoms with Gasteiger partial charge in [0.2, 0.25) is 0 Å². The highest BCUT2D eigenvalue weighted by atomic mass is 16.5. The smallest absolute Gasteiger partial charge is 0.170 e. The van der Waals surface area contributed by atoms with E-state index in [2.05, 4.69) is 11.8 Å². The van der Waals surface area contributed by atoms with Crippen molar-refractivity contribution in [2.45, 2.75) is 62.6 Å². The number of Topliss-reactive ketones (excluding diaryl/α,β-unsaturated/α-hetero) is 1. The quantitative estimate of drug-likeness (QED) is 0.762. The average Bonchev–Trinajstić information content (AvgIpc) is 3.08. The second-order valence-corrected chi connectivity index (χ2v) is 10.6. The van der Waals surface area contributed by atoms with Crippen LogP contribution in [0.4, 0.5) is 0 Å². The van der Waals surface area contributed by atoms with E-state index in [1.54, 1.807) is 14.2 Å². The van der Waals surface area contributed by atoms with E-state index in [1.807, 2.05) is 7.11 Å². The number of piperidine rings is 1. The van der Waals surface area contributed by atoms with Gasteiger partial charge in [-0.1, -0.05) is 6.92 Å². The van der Waals surface area contributed by atoms with Crippen LogP contribution >= 0.6 is 0 Å². The zero-order valence-electron chi connectivity index (χ0n) is 18.0. The molecule has 6 aliphatic rings. The second kappa shape index (κ2) is 6.04. The predicted molar refractivity (Wildman–Crippen MR) is 105 cm³/mol. The third kappa shape index (κ3) is 1.84. The van der Waals surface area contributed by atoms with Crippen LogP contribution in [0.2, 0.25) is 0 Å². The zero-order valence-corrected chi connectivity index (χ0v) is 18.0. The lowest BCUT2D eigenvalue weighted by molar-refractivity contribution is -0.251. The molecule has 7 bridgehead atoms. The van der Waals surface area contributed by atoms with Crippen LogP contribution in [-0.4, -0.2) is 80.2 Å². The Kier molecular flexibility index (Phi) is 3.99. The summed E-state index contributed by atoms with van der Waals surface area (Å²) in [6.07, 6.45) is 3.96. The Morgan fingerprint density at radius 3 is 2.55 bits per heavy atom. The van der Waals surface area contributed by atoms with Crippen LogP contribution in [-0.2, 0) is 19.0 Å². The Hall–Kier alpha value is -0.530. The molecule has 1 saturated heterocycles. The maximum absolute atomic E-state index is 14.1. The van der Waals surface area contributed by atoms with E-state index in [4.69, 9.17) is 14.2 Å². The summed E-state index contributed by atoms with van der Waals surface area (Å²) < 4.78 is 18.2. The van der Waals surface area contributed by atoms with Crippen LogP contribution in [0.3, 0.4) is 0 Å². The Balaban J connectivity index is 1.62. The van der Waals surface area contributed by atoms with Crippen molar-refractivity contribution in [3.63, 3.8) is 0 Å². The first-order valence-corrected chi connectivity index (χ1v) is 11.6. The van der Waals surface area contributed by atoms with Gasteiger partial charge in [-0.3, -0.25) is 9.69 Å². The lowest BCUT2D eigenvalue weighted by atomic mass is 9.46. The Bertz CT molecular complexity index is 730. The van der Waals surface area contributed by atoms with Gasteiger partial charge in [-0.2, -0.15) is 0 Å². The maximum Gasteiger partial charge on any atom is 0.170 e. The second-order valence-electron chi connectivity index (χ2n) is 10.6. The number of rotatable bonds is 4. The molecule has 0 aromatic rings. The van der Waals surface area contributed by atoms with Gasteiger partial charge >= 0.3 is 0 Å². The average molecular weight is 406 g/mol. The molecule has 5 saturated carbocycles. The number of likely N-dealkylation sites (tertiary alicyclic amines) is 1. The Morgan fingerprint density at radius 2 is 1.90 bits per heavy atom. The van der Waals surface area contributed by atoms with E-state index in [0.717, 1.165) is 38.8 Å². The third-order valence-electron chi connectivity index (χ3n) is 10.5. The maximum atomic E-state index is 14.1. The molecule has 1 N–H and O–H groups in total. The van der Waals surface area contributed by atoms with Crippen molar-refractivity contribution in [1.82, 2.24) is 4.90 Å². The number of methoxy groups -OCH3 is 3. The summed E-state index contributed by atoms with van der Waals surface area (Å²) in [7, 11) is 5.38. The lowest BCUT2D eigenvalue weighted by Gasteiger charge is -2.65. The number of hydrogen-bond donors (Lipinski definition) is 1. The van der Waals surface area contributed by atoms with E-state index in [9.17, 15) is 9.90 Å². The SMILES string of the molecule is CCN1C[C@H]2CC[C@@H](OC)[C@]34[C@@H]5C[C@H]6[C@@H](OC)[C@@H]5[C@H](C[C@H]6OC)[C@](O)(C(=O)[C@@H]23)[C@H]14. The Labute approximate surface area is 173 Å². The summed E-state index contributed by atoms with van der Waals surface area (Å²) >= 11 is 0. The van der Waals surface area contributed by atoms with Gasteiger partial charge in [0.1, 0.15) is 5.60 Å². The van der Waals surface area contributed by atoms with E-state index >= 15 is 0 Å². The van der Waals surface area contributed by atoms with Gasteiger partial charge in [0, 0.05) is 51.0 Å². The van der Waals surface area contributed by atoms with Crippen molar-refractivity contribution in [3.8, 4) is 0 Å². The normalized spacial score (nSPS) is 60.0. The molecule has 5 aliphatic carbocycles. The molecule has 1 aliphatic heterocycles. The molecule has 1 spiro atoms. The molecule has 12 atom stereocenters. The highest BCUT2D eigenvalue weighted by Gasteiger charge is 2.86. The van der Waals surface area contributed by atoms with E-state index in [0.29, 0.717) is 17.8 Å². The summed E-state index contributed by atoms with van der Waals surface area (Å²) in [5.41, 5.74) is -1.59. The molecule has 6 heteroatoms. The summed E-state index contributed by atoms with van der Waals surface area (Å²) in [4.78, 5) is 16.6. The van der Waals surface area contributed by atoms with Crippen LogP contribution in [0.15, 0.2) is 0 Å². The van der Waals surface area contributed by atoms with Gasteiger partial charge in [-0.15, -0.1) is 0 Å². The minimum atomic E-state index is -1.30. The molecule has 0 radical (unpaired) electrons. The highest BCUT2D eigenvalue weighted by Crippen LogP contribution is 2.76. The van der Waals surface area contributed by atoms with Crippen molar-refractivity contribution < 1.29 is 24.1 Å². The monoisotopic (exact) mass is 405 g/mol. The van der Waals surface area contributed by atoms with Crippen LogP contribution in [0.25, 0.3) is 0 Å². The fraction of sp³-hybridized carbons (Fsp3) is 0.957. The van der Waals surface area contributed by atoms with Crippen molar-refractivity contribution in [3.05, 3.63) is 0 Å². The van der Waals surface area contributed by atoms with Gasteiger partial charge < -0.3 is 19.3 Å². The number of carbonyl (C=O) groups excluding carboxylic acids is 1. The molecule has 6 rings (SSSR count). The molecule has 6 fully saturated rings. The molecule has 162 valence electrons. The number of likely N-dealkylation sites (N-methyl/N-ethyl adjacent to an activating group) is 1. The van der Waals surface area contributed by atoms with Gasteiger partial charge in [0.15, 0.2) is 5.78 Å². The van der Waals surface area contributed by atoms with Crippen LogP contribution in [0.5, 0.6) is 0 Å². The number of aliphatic hydroxyl groups is 1. The molecule has 0 amide bonds. The van der Waals surface area contributed by atoms with Gasteiger partial charge in [-0.25, -0.2) is 0 Å². The lowest BCUT2D eigenvalue weighted by Crippen LogP contribution is -2.75. The first-order chi connectivity index (χ1) is 14.0. The van der Waals surface area contributed by atoms with Gasteiger partial charge in [0.25, 0.3) is 0 Å². The minimum absolute atomic E-state index is 0.0323. The molecule has 29 heavy (non-hydrogen) atoms. The molecule has 6 nitrogen and oxygen atoms in total. The van der Waals surface area contributed by atoms with Crippen molar-refractivity contribution >= 4 is 5.78 Å². The summed E-state index contributed by atoms with van der Waals surface area (Å²) in [6.45, 7) is 3.99. The van der Waals surface area contributed by atoms with E-state index in [1.165, 1.54) is 0 Å². The molecule has 1 heterocycles. The number of nitrogens with zero attached hydrogens (tertiary/aromatic N) is 1. The number of fused-ring (bicyclic) bond motifs is 2. The number of ether oxygens (including phenoxy) is 3. The van der Waals surface area contributed by atoms with Crippen LogP contribution in [0, 0.1) is 40.9 Å². The van der Waals surface area contributed by atoms with E-state index < -0.39 is 5.60 Å². The van der Waals surface area contributed by atoms with Gasteiger partial charge in [-0.05, 0) is 50.0 Å². The molecular weight excluding hydrogens is 370 g/mol. The number of ketones is 1. The molecule has 0 unspecified atom stereocenters. The largest absolute Gasteiger partial charge is 0.381 e. The number of carbonyl (C=O) groups is 1. The first-order valence-electron chi connectivity index (χ1n) is 11.6. The summed E-state index contributed by atoms with van der Waals surface area (Å²) in [5, 5.41) is 12.4. The van der Waals surface area contributed by atoms with Crippen molar-refractivity contribution in [2.24, 2.45) is 40.9 Å². The zero-order chi connectivity index (χ0) is 20.3. The fourth-order valence-corrected chi connectivity index (χ4v) is 10.00. The van der Waals surface area contributed by atoms with Crippen LogP contribution < -0.4 is 0 Å². The van der Waals surface area contributed by atoms with E-state index in [-0.39, 0.29) is 53.3 Å². The standard InChI is InChI=1S/C23H35NO5/c1-5-24-10-11-6-7-16(28-3)22-13-8-12-15(27-2)9-14(17(13)19(12)29-4)23(26,21(22)24)20(25)18(11)22/h11-19,21,26H,5-10H2,1-4H3/t11-,12-,13-,14+,15-,16-,17+,18-,19-,21-,22-,23+/m1/s1. The summed E-state index contributed by atoms with van der Waals surface area (Å²) in [6, 6.07) is -0.128. The van der Waals surface area contributed by atoms with Gasteiger partial charge in [0.05, 0.1) is 24.4 Å². The highest BCUT2D eigenvalue weighted by molar-refractivity contribution is 5.96. The fourth-order valence-electron chi connectivity index (χ4n) is 10.00. The predicted octanol–water partition coefficient (Wildman–Crippen LogP) is 1.35. The molecule has 0 aromatic carbocycles. The summed E-state index contributed by atoms with van der Waals surface area (Å²) in [5.74, 6) is 1.24. The van der Waals surface area contributed by atoms with Crippen LogP contribution in [0.1, 0.15) is 32.6 Å². The Morgan fingerprint density at radius 1 is 1.10 bits per heavy atom. The van der Waals surface area contributed by atoms with Crippen molar-refractivity contribution in [1.29, 1.82) is 0 Å². The third-order valence-corrected chi connectivity index (χ3v) is 10.5. The topological polar surface area (TPSA) is 68.2 Å². The first kappa shape index (κ1) is 19.2. The number of hydrogen-bond acceptors (Lipinski definition) is 6. The molecular formula is C23H35NO5. The van der Waals surface area contributed by atoms with Crippen molar-refractivity contribution in [2.75, 3.05) is 34.4 Å².